The van der Waals surface area contributed by atoms with Gasteiger partial charge in [0.1, 0.15) is 6.73 Å². The van der Waals surface area contributed by atoms with Crippen LogP contribution in [0.3, 0.4) is 0 Å². The Balaban J connectivity index is 0. The summed E-state index contributed by atoms with van der Waals surface area (Å²) < 4.78 is 4.67. The van der Waals surface area contributed by atoms with Crippen LogP contribution < -0.4 is 0 Å². The highest BCUT2D eigenvalue weighted by Crippen LogP contribution is 1.73. The van der Waals surface area contributed by atoms with Crippen LogP contribution in [0.5, 0.6) is 0 Å². The second-order valence-corrected chi connectivity index (χ2v) is 1.52. The van der Waals surface area contributed by atoms with Crippen molar-refractivity contribution in [2.75, 3.05) is 13.8 Å². The van der Waals surface area contributed by atoms with Gasteiger partial charge in [-0.3, -0.25) is 4.99 Å². The number of nitrogens with zero attached hydrogens (tertiary/aromatic N) is 1. The Morgan fingerprint density at radius 2 is 1.78 bits per heavy atom. The minimum atomic E-state index is 0.488. The minimum Gasteiger partial charge on any atom is -0.363 e. The molecule has 2 nitrogen and oxygen atoms in total. The van der Waals surface area contributed by atoms with Crippen LogP contribution >= 0.6 is 0 Å². The van der Waals surface area contributed by atoms with Gasteiger partial charge in [0, 0.05) is 12.8 Å². The molecule has 0 N–H and O–H groups in total. The number of methoxy groups -OCH3 is 1. The second-order valence-electron chi connectivity index (χ2n) is 1.52. The molecule has 0 radical (unpaired) electrons. The normalized spacial score (nSPS) is 7.22. The van der Waals surface area contributed by atoms with Crippen LogP contribution in [0, 0.1) is 0 Å². The molecular formula is C7H17NO. The number of aliphatic imine (C=N–C) groups is 1. The average molecular weight is 131 g/mol. The molecule has 0 aromatic heterocycles. The summed E-state index contributed by atoms with van der Waals surface area (Å²) in [5.74, 6) is 0. The standard InChI is InChI=1S/C5H11NO.C2H6/c1-5(2)6-4-7-3;1-2/h4H2,1-3H3;1-2H3. The van der Waals surface area contributed by atoms with Gasteiger partial charge in [-0.15, -0.1) is 0 Å². The molecule has 0 aliphatic heterocycles. The van der Waals surface area contributed by atoms with E-state index < -0.39 is 0 Å². The van der Waals surface area contributed by atoms with E-state index in [0.717, 1.165) is 5.71 Å². The van der Waals surface area contributed by atoms with Gasteiger partial charge >= 0.3 is 0 Å². The van der Waals surface area contributed by atoms with Crippen LogP contribution in [0.15, 0.2) is 4.99 Å². The van der Waals surface area contributed by atoms with Crippen molar-refractivity contribution in [2.24, 2.45) is 4.99 Å². The van der Waals surface area contributed by atoms with E-state index in [9.17, 15) is 0 Å². The fourth-order valence-corrected chi connectivity index (χ4v) is 0.194. The zero-order valence-corrected chi connectivity index (χ0v) is 7.06. The summed E-state index contributed by atoms with van der Waals surface area (Å²) in [7, 11) is 1.63. The highest BCUT2D eigenvalue weighted by atomic mass is 16.5. The molecule has 0 bridgehead atoms. The predicted octanol–water partition coefficient (Wildman–Crippen LogP) is 2.10. The lowest BCUT2D eigenvalue weighted by molar-refractivity contribution is 0.209. The molecule has 0 heterocycles. The largest absolute Gasteiger partial charge is 0.363 e. The highest BCUT2D eigenvalue weighted by molar-refractivity contribution is 5.78. The van der Waals surface area contributed by atoms with Gasteiger partial charge in [-0.2, -0.15) is 0 Å². The Bertz CT molecular complexity index is 65.3. The van der Waals surface area contributed by atoms with E-state index >= 15 is 0 Å². The summed E-state index contributed by atoms with van der Waals surface area (Å²) in [6.07, 6.45) is 0. The molecule has 0 rings (SSSR count). The van der Waals surface area contributed by atoms with Gasteiger partial charge in [0.15, 0.2) is 0 Å². The summed E-state index contributed by atoms with van der Waals surface area (Å²) in [6.45, 7) is 8.38. The number of rotatable bonds is 2. The Kier molecular flexibility index (Phi) is 13.4. The molecule has 0 spiro atoms. The minimum absolute atomic E-state index is 0.488. The maximum absolute atomic E-state index is 4.67. The van der Waals surface area contributed by atoms with Crippen molar-refractivity contribution in [3.05, 3.63) is 0 Å². The van der Waals surface area contributed by atoms with E-state index in [2.05, 4.69) is 9.73 Å². The molecule has 0 atom stereocenters. The number of ether oxygens (including phenoxy) is 1. The first-order valence-electron chi connectivity index (χ1n) is 3.24. The monoisotopic (exact) mass is 131 g/mol. The molecule has 0 unspecified atom stereocenters. The molecule has 0 aliphatic carbocycles. The predicted molar refractivity (Wildman–Crippen MR) is 42.0 cm³/mol. The summed E-state index contributed by atoms with van der Waals surface area (Å²) in [4.78, 5) is 3.94. The van der Waals surface area contributed by atoms with Crippen molar-refractivity contribution in [3.63, 3.8) is 0 Å². The van der Waals surface area contributed by atoms with E-state index in [1.165, 1.54) is 0 Å². The summed E-state index contributed by atoms with van der Waals surface area (Å²) >= 11 is 0. The second kappa shape index (κ2) is 10.6. The molecule has 0 aliphatic rings. The maximum Gasteiger partial charge on any atom is 0.136 e. The van der Waals surface area contributed by atoms with Crippen LogP contribution in [0.1, 0.15) is 27.7 Å². The highest BCUT2D eigenvalue weighted by Gasteiger charge is 1.72. The Hall–Kier alpha value is -0.370. The molecule has 0 amide bonds. The molecule has 0 saturated heterocycles. The van der Waals surface area contributed by atoms with Crippen LogP contribution in [0.25, 0.3) is 0 Å². The van der Waals surface area contributed by atoms with Gasteiger partial charge < -0.3 is 4.74 Å². The third kappa shape index (κ3) is 18.4. The quantitative estimate of drug-likeness (QED) is 0.526. The lowest BCUT2D eigenvalue weighted by Gasteiger charge is -1.88. The molecule has 56 valence electrons. The van der Waals surface area contributed by atoms with Crippen LogP contribution in [0.2, 0.25) is 0 Å². The zero-order chi connectivity index (χ0) is 7.70. The third-order valence-electron chi connectivity index (χ3n) is 0.510. The smallest absolute Gasteiger partial charge is 0.136 e. The van der Waals surface area contributed by atoms with Gasteiger partial charge in [-0.1, -0.05) is 13.8 Å². The van der Waals surface area contributed by atoms with Crippen molar-refractivity contribution in [3.8, 4) is 0 Å². The molecule has 9 heavy (non-hydrogen) atoms. The molecule has 0 aromatic rings. The molecule has 2 heteroatoms. The van der Waals surface area contributed by atoms with E-state index in [4.69, 9.17) is 0 Å². The van der Waals surface area contributed by atoms with Crippen molar-refractivity contribution >= 4 is 5.71 Å². The fraction of sp³-hybridized carbons (Fsp3) is 0.857. The van der Waals surface area contributed by atoms with E-state index in [0.29, 0.717) is 6.73 Å². The van der Waals surface area contributed by atoms with E-state index in [1.54, 1.807) is 7.11 Å². The lowest BCUT2D eigenvalue weighted by Crippen LogP contribution is -1.87. The van der Waals surface area contributed by atoms with Gasteiger partial charge in [0.25, 0.3) is 0 Å². The first-order valence-corrected chi connectivity index (χ1v) is 3.24. The van der Waals surface area contributed by atoms with Crippen LogP contribution in [-0.4, -0.2) is 19.6 Å². The third-order valence-corrected chi connectivity index (χ3v) is 0.510. The SMILES string of the molecule is CC.COCN=C(C)C. The number of hydrogen-bond donors (Lipinski definition) is 0. The molecule has 0 saturated carbocycles. The van der Waals surface area contributed by atoms with Crippen molar-refractivity contribution < 1.29 is 4.74 Å². The first kappa shape index (κ1) is 11.4. The van der Waals surface area contributed by atoms with Crippen molar-refractivity contribution in [1.82, 2.24) is 0 Å². The Labute approximate surface area is 57.9 Å². The zero-order valence-electron chi connectivity index (χ0n) is 7.06. The first-order chi connectivity index (χ1) is 4.27. The molecule has 0 aromatic carbocycles. The summed E-state index contributed by atoms with van der Waals surface area (Å²) in [6, 6.07) is 0. The van der Waals surface area contributed by atoms with Gasteiger partial charge in [0.2, 0.25) is 0 Å². The molecular weight excluding hydrogens is 114 g/mol. The van der Waals surface area contributed by atoms with E-state index in [-0.39, 0.29) is 0 Å². The summed E-state index contributed by atoms with van der Waals surface area (Å²) in [5, 5.41) is 0. The van der Waals surface area contributed by atoms with Crippen LogP contribution in [-0.2, 0) is 4.74 Å². The van der Waals surface area contributed by atoms with Crippen LogP contribution in [0.4, 0.5) is 0 Å². The maximum atomic E-state index is 4.67. The van der Waals surface area contributed by atoms with Gasteiger partial charge in [0.05, 0.1) is 0 Å². The lowest BCUT2D eigenvalue weighted by atomic mass is 10.5. The molecule has 0 fully saturated rings. The topological polar surface area (TPSA) is 21.6 Å². The van der Waals surface area contributed by atoms with Gasteiger partial charge in [-0.25, -0.2) is 0 Å². The van der Waals surface area contributed by atoms with Gasteiger partial charge in [-0.05, 0) is 13.8 Å². The van der Waals surface area contributed by atoms with Crippen molar-refractivity contribution in [1.29, 1.82) is 0 Å². The number of hydrogen-bond acceptors (Lipinski definition) is 2. The Morgan fingerprint density at radius 1 is 1.33 bits per heavy atom. The van der Waals surface area contributed by atoms with Crippen molar-refractivity contribution in [2.45, 2.75) is 27.7 Å². The average Bonchev–Trinajstić information content (AvgIpc) is 1.88. The van der Waals surface area contributed by atoms with E-state index in [1.807, 2.05) is 27.7 Å². The fourth-order valence-electron chi connectivity index (χ4n) is 0.194. The summed E-state index contributed by atoms with van der Waals surface area (Å²) in [5.41, 5.74) is 1.06. The Morgan fingerprint density at radius 3 is 1.89 bits per heavy atom.